The molecule has 0 aromatic carbocycles. The summed E-state index contributed by atoms with van der Waals surface area (Å²) in [4.78, 5) is 27.9. The highest BCUT2D eigenvalue weighted by Crippen LogP contribution is 1.97. The van der Waals surface area contributed by atoms with E-state index in [0.717, 1.165) is 0 Å². The lowest BCUT2D eigenvalue weighted by Crippen LogP contribution is -2.18. The van der Waals surface area contributed by atoms with E-state index in [1.54, 1.807) is 6.92 Å². The third-order valence-corrected chi connectivity index (χ3v) is 1.54. The topological polar surface area (TPSA) is 101 Å². The van der Waals surface area contributed by atoms with E-state index < -0.39 is 0 Å². The van der Waals surface area contributed by atoms with Gasteiger partial charge < -0.3 is 16.0 Å². The number of aromatic nitrogens is 2. The zero-order chi connectivity index (χ0) is 10.6. The third-order valence-electron chi connectivity index (χ3n) is 1.54. The van der Waals surface area contributed by atoms with Crippen molar-refractivity contribution in [3.05, 3.63) is 22.2 Å². The number of hydrogen-bond acceptors (Lipinski definition) is 4. The van der Waals surface area contributed by atoms with Crippen molar-refractivity contribution in [2.45, 2.75) is 13.3 Å². The Balaban J connectivity index is 2.59. The van der Waals surface area contributed by atoms with Gasteiger partial charge in [-0.05, 0) is 6.92 Å². The highest BCUT2D eigenvalue weighted by atomic mass is 16.1. The summed E-state index contributed by atoms with van der Waals surface area (Å²) in [7, 11) is 0. The van der Waals surface area contributed by atoms with Gasteiger partial charge in [0, 0.05) is 19.0 Å². The van der Waals surface area contributed by atoms with Gasteiger partial charge in [-0.15, -0.1) is 0 Å². The van der Waals surface area contributed by atoms with Gasteiger partial charge >= 0.3 is 0 Å². The van der Waals surface area contributed by atoms with E-state index in [2.05, 4.69) is 15.3 Å². The number of nitrogens with zero attached hydrogens (tertiary/aromatic N) is 1. The van der Waals surface area contributed by atoms with Crippen molar-refractivity contribution in [2.24, 2.45) is 5.73 Å². The van der Waals surface area contributed by atoms with E-state index in [1.807, 2.05) is 0 Å². The zero-order valence-electron chi connectivity index (χ0n) is 7.83. The Kier molecular flexibility index (Phi) is 3.22. The van der Waals surface area contributed by atoms with E-state index in [9.17, 15) is 9.59 Å². The molecule has 0 saturated heterocycles. The molecule has 0 aliphatic heterocycles. The molecule has 6 heteroatoms. The van der Waals surface area contributed by atoms with Crippen LogP contribution in [0, 0.1) is 6.92 Å². The molecule has 1 aromatic heterocycles. The maximum atomic E-state index is 11.0. The molecule has 1 aromatic rings. The number of hydrogen-bond donors (Lipinski definition) is 3. The lowest BCUT2D eigenvalue weighted by Gasteiger charge is -2.03. The summed E-state index contributed by atoms with van der Waals surface area (Å²) in [6.45, 7) is 2.06. The smallest absolute Gasteiger partial charge is 0.252 e. The number of aryl methyl sites for hydroxylation is 1. The molecule has 0 aliphatic carbocycles. The van der Waals surface area contributed by atoms with Gasteiger partial charge in [-0.3, -0.25) is 9.59 Å². The molecule has 0 spiro atoms. The summed E-state index contributed by atoms with van der Waals surface area (Å²) in [6.07, 6.45) is 0.216. The lowest BCUT2D eigenvalue weighted by atomic mass is 10.4. The molecular formula is C8H12N4O2. The Hall–Kier alpha value is -1.85. The van der Waals surface area contributed by atoms with E-state index in [1.165, 1.54) is 6.07 Å². The van der Waals surface area contributed by atoms with Gasteiger partial charge in [0.25, 0.3) is 5.56 Å². The van der Waals surface area contributed by atoms with E-state index in [0.29, 0.717) is 18.2 Å². The minimum Gasteiger partial charge on any atom is -0.370 e. The van der Waals surface area contributed by atoms with Crippen LogP contribution in [0.2, 0.25) is 0 Å². The summed E-state index contributed by atoms with van der Waals surface area (Å²) >= 11 is 0. The number of primary amides is 1. The van der Waals surface area contributed by atoms with Gasteiger partial charge in [0.15, 0.2) is 0 Å². The van der Waals surface area contributed by atoms with Gasteiger partial charge in [0.1, 0.15) is 11.6 Å². The fourth-order valence-electron chi connectivity index (χ4n) is 0.984. The summed E-state index contributed by atoms with van der Waals surface area (Å²) in [5.41, 5.74) is 4.73. The SMILES string of the molecule is Cc1nc(NCCC(N)=O)cc(=O)[nH]1. The summed E-state index contributed by atoms with van der Waals surface area (Å²) in [6, 6.07) is 1.33. The van der Waals surface area contributed by atoms with Crippen molar-refractivity contribution < 1.29 is 4.79 Å². The Bertz CT molecular complexity index is 385. The number of nitrogens with two attached hydrogens (primary N) is 1. The minimum atomic E-state index is -0.390. The van der Waals surface area contributed by atoms with E-state index >= 15 is 0 Å². The Morgan fingerprint density at radius 2 is 2.43 bits per heavy atom. The van der Waals surface area contributed by atoms with Crippen molar-refractivity contribution in [2.75, 3.05) is 11.9 Å². The van der Waals surface area contributed by atoms with Crippen LogP contribution < -0.4 is 16.6 Å². The summed E-state index contributed by atoms with van der Waals surface area (Å²) in [5, 5.41) is 2.83. The number of nitrogens with one attached hydrogen (secondary N) is 2. The fourth-order valence-corrected chi connectivity index (χ4v) is 0.984. The third kappa shape index (κ3) is 3.26. The van der Waals surface area contributed by atoms with Crippen LogP contribution in [0.4, 0.5) is 5.82 Å². The van der Waals surface area contributed by atoms with Crippen molar-refractivity contribution in [1.29, 1.82) is 0 Å². The number of amides is 1. The van der Waals surface area contributed by atoms with Crippen molar-refractivity contribution in [1.82, 2.24) is 9.97 Å². The monoisotopic (exact) mass is 196 g/mol. The number of H-pyrrole nitrogens is 1. The standard InChI is InChI=1S/C8H12N4O2/c1-5-11-7(4-8(14)12-5)10-3-2-6(9)13/h4H,2-3H2,1H3,(H2,9,13)(H2,10,11,12,14). The predicted octanol–water partition coefficient (Wildman–Crippen LogP) is -0.634. The Morgan fingerprint density at radius 3 is 3.00 bits per heavy atom. The molecule has 0 atom stereocenters. The summed E-state index contributed by atoms with van der Waals surface area (Å²) in [5.74, 6) is 0.589. The molecule has 76 valence electrons. The van der Waals surface area contributed by atoms with E-state index in [4.69, 9.17) is 5.73 Å². The number of carbonyl (C=O) groups excluding carboxylic acids is 1. The second-order valence-corrected chi connectivity index (χ2v) is 2.86. The molecular weight excluding hydrogens is 184 g/mol. The first-order valence-corrected chi connectivity index (χ1v) is 4.18. The van der Waals surface area contributed by atoms with Crippen molar-refractivity contribution >= 4 is 11.7 Å². The first-order chi connectivity index (χ1) is 6.58. The summed E-state index contributed by atoms with van der Waals surface area (Å²) < 4.78 is 0. The largest absolute Gasteiger partial charge is 0.370 e. The van der Waals surface area contributed by atoms with Gasteiger partial charge in [-0.1, -0.05) is 0 Å². The second kappa shape index (κ2) is 4.40. The van der Waals surface area contributed by atoms with Gasteiger partial charge in [0.2, 0.25) is 5.91 Å². The number of anilines is 1. The van der Waals surface area contributed by atoms with Crippen LogP contribution in [0.15, 0.2) is 10.9 Å². The molecule has 14 heavy (non-hydrogen) atoms. The molecule has 1 rings (SSSR count). The highest BCUT2D eigenvalue weighted by Gasteiger charge is 1.98. The molecule has 1 amide bonds. The Morgan fingerprint density at radius 1 is 1.71 bits per heavy atom. The molecule has 0 fully saturated rings. The van der Waals surface area contributed by atoms with Crippen LogP contribution >= 0.6 is 0 Å². The van der Waals surface area contributed by atoms with Gasteiger partial charge in [0.05, 0.1) is 0 Å². The van der Waals surface area contributed by atoms with Crippen LogP contribution in [0.1, 0.15) is 12.2 Å². The Labute approximate surface area is 80.5 Å². The maximum absolute atomic E-state index is 11.0. The maximum Gasteiger partial charge on any atom is 0.252 e. The first-order valence-electron chi connectivity index (χ1n) is 4.18. The molecule has 0 radical (unpaired) electrons. The minimum absolute atomic E-state index is 0.216. The molecule has 0 aliphatic rings. The van der Waals surface area contributed by atoms with Crippen LogP contribution in [-0.2, 0) is 4.79 Å². The number of aromatic amines is 1. The normalized spacial score (nSPS) is 9.79. The molecule has 0 bridgehead atoms. The highest BCUT2D eigenvalue weighted by molar-refractivity contribution is 5.74. The van der Waals surface area contributed by atoms with Crippen LogP contribution in [0.5, 0.6) is 0 Å². The van der Waals surface area contributed by atoms with Gasteiger partial charge in [-0.2, -0.15) is 0 Å². The van der Waals surface area contributed by atoms with Crippen molar-refractivity contribution in [3.63, 3.8) is 0 Å². The molecule has 0 unspecified atom stereocenters. The van der Waals surface area contributed by atoms with Crippen LogP contribution in [0.25, 0.3) is 0 Å². The quantitative estimate of drug-likeness (QED) is 0.596. The number of rotatable bonds is 4. The van der Waals surface area contributed by atoms with Crippen LogP contribution in [0.3, 0.4) is 0 Å². The molecule has 1 heterocycles. The molecule has 6 nitrogen and oxygen atoms in total. The number of carbonyl (C=O) groups is 1. The van der Waals surface area contributed by atoms with Crippen molar-refractivity contribution in [3.8, 4) is 0 Å². The van der Waals surface area contributed by atoms with Gasteiger partial charge in [-0.25, -0.2) is 4.98 Å². The van der Waals surface area contributed by atoms with E-state index in [-0.39, 0.29) is 17.9 Å². The lowest BCUT2D eigenvalue weighted by molar-refractivity contribution is -0.117. The predicted molar refractivity (Wildman–Crippen MR) is 51.9 cm³/mol. The fraction of sp³-hybridized carbons (Fsp3) is 0.375. The first kappa shape index (κ1) is 10.2. The average molecular weight is 196 g/mol. The zero-order valence-corrected chi connectivity index (χ0v) is 7.83. The molecule has 4 N–H and O–H groups in total. The average Bonchev–Trinajstić information content (AvgIpc) is 2.01. The molecule has 0 saturated carbocycles. The second-order valence-electron chi connectivity index (χ2n) is 2.86. The van der Waals surface area contributed by atoms with Crippen LogP contribution in [-0.4, -0.2) is 22.4 Å².